The highest BCUT2D eigenvalue weighted by atomic mass is 14.6. The van der Waals surface area contributed by atoms with Gasteiger partial charge in [0.15, 0.2) is 0 Å². The minimum atomic E-state index is 0.199. The zero-order valence-electron chi connectivity index (χ0n) is 9.54. The second-order valence-corrected chi connectivity index (χ2v) is 4.05. The van der Waals surface area contributed by atoms with Crippen LogP contribution in [0.2, 0.25) is 0 Å². The van der Waals surface area contributed by atoms with Crippen LogP contribution in [0.1, 0.15) is 27.2 Å². The van der Waals surface area contributed by atoms with Gasteiger partial charge >= 0.3 is 0 Å². The Bertz CT molecular complexity index is 318. The van der Waals surface area contributed by atoms with E-state index >= 15 is 0 Å². The van der Waals surface area contributed by atoms with E-state index in [4.69, 9.17) is 0 Å². The maximum absolute atomic E-state index is 4.06. The molecule has 0 saturated heterocycles. The Hall–Kier alpha value is -1.11. The molecule has 1 aliphatic rings. The molecule has 1 aliphatic carbocycles. The van der Waals surface area contributed by atoms with Crippen molar-refractivity contribution in [2.75, 3.05) is 7.05 Å². The lowest BCUT2D eigenvalue weighted by atomic mass is 9.87. The fourth-order valence-electron chi connectivity index (χ4n) is 1.40. The van der Waals surface area contributed by atoms with Crippen molar-refractivity contribution in [3.8, 4) is 0 Å². The van der Waals surface area contributed by atoms with Crippen molar-refractivity contribution in [3.05, 3.63) is 35.5 Å². The Morgan fingerprint density at radius 3 is 2.57 bits per heavy atom. The SMILES string of the molecule is CCC1(C)C=CC(C)=C(C=NC)C=C1. The molecule has 76 valence electrons. The first-order valence-electron chi connectivity index (χ1n) is 5.13. The number of nitrogens with zero attached hydrogens (tertiary/aromatic N) is 1. The summed E-state index contributed by atoms with van der Waals surface area (Å²) in [5.74, 6) is 0. The van der Waals surface area contributed by atoms with Crippen LogP contribution in [0.5, 0.6) is 0 Å². The van der Waals surface area contributed by atoms with Crippen LogP contribution in [0.15, 0.2) is 40.4 Å². The molecule has 1 atom stereocenters. The van der Waals surface area contributed by atoms with E-state index in [1.54, 1.807) is 0 Å². The molecule has 0 aromatic heterocycles. The molecule has 0 aliphatic heterocycles. The molecule has 1 rings (SSSR count). The predicted molar refractivity (Wildman–Crippen MR) is 63.8 cm³/mol. The summed E-state index contributed by atoms with van der Waals surface area (Å²) in [6.07, 6.45) is 11.9. The van der Waals surface area contributed by atoms with Crippen LogP contribution >= 0.6 is 0 Å². The van der Waals surface area contributed by atoms with Crippen LogP contribution in [0.3, 0.4) is 0 Å². The van der Waals surface area contributed by atoms with Gasteiger partial charge in [-0.1, -0.05) is 38.2 Å². The van der Waals surface area contributed by atoms with Gasteiger partial charge in [0, 0.05) is 18.7 Å². The molecule has 0 aromatic rings. The van der Waals surface area contributed by atoms with Crippen molar-refractivity contribution in [2.24, 2.45) is 10.4 Å². The minimum absolute atomic E-state index is 0.199. The Balaban J connectivity index is 3.03. The average molecular weight is 189 g/mol. The highest BCUT2D eigenvalue weighted by Crippen LogP contribution is 2.28. The van der Waals surface area contributed by atoms with Crippen molar-refractivity contribution < 1.29 is 0 Å². The van der Waals surface area contributed by atoms with E-state index in [0.717, 1.165) is 6.42 Å². The summed E-state index contributed by atoms with van der Waals surface area (Å²) >= 11 is 0. The number of hydrogen-bond acceptors (Lipinski definition) is 1. The van der Waals surface area contributed by atoms with Crippen LogP contribution < -0.4 is 0 Å². The first-order chi connectivity index (χ1) is 6.61. The van der Waals surface area contributed by atoms with E-state index in [9.17, 15) is 0 Å². The van der Waals surface area contributed by atoms with Crippen molar-refractivity contribution in [2.45, 2.75) is 27.2 Å². The molecule has 1 unspecified atom stereocenters. The van der Waals surface area contributed by atoms with Gasteiger partial charge in [0.1, 0.15) is 0 Å². The molecule has 0 saturated carbocycles. The standard InChI is InChI=1S/C13H19N/c1-5-13(3)8-6-11(2)12(7-9-13)10-14-4/h6-10H,5H2,1-4H3. The molecular weight excluding hydrogens is 170 g/mol. The largest absolute Gasteiger partial charge is 0.296 e. The third-order valence-electron chi connectivity index (χ3n) is 2.84. The molecule has 0 bridgehead atoms. The molecule has 14 heavy (non-hydrogen) atoms. The average Bonchev–Trinajstić information content (AvgIpc) is 2.32. The lowest BCUT2D eigenvalue weighted by Crippen LogP contribution is -2.06. The van der Waals surface area contributed by atoms with Gasteiger partial charge in [-0.2, -0.15) is 0 Å². The van der Waals surface area contributed by atoms with Crippen LogP contribution in [-0.4, -0.2) is 13.3 Å². The topological polar surface area (TPSA) is 12.4 Å². The third kappa shape index (κ3) is 2.44. The van der Waals surface area contributed by atoms with Gasteiger partial charge in [-0.15, -0.1) is 0 Å². The summed E-state index contributed by atoms with van der Waals surface area (Å²) in [7, 11) is 1.81. The highest BCUT2D eigenvalue weighted by Gasteiger charge is 2.15. The summed E-state index contributed by atoms with van der Waals surface area (Å²) in [5, 5.41) is 0. The zero-order valence-corrected chi connectivity index (χ0v) is 9.54. The number of aliphatic imine (C=N–C) groups is 1. The maximum atomic E-state index is 4.06. The first-order valence-corrected chi connectivity index (χ1v) is 5.13. The summed E-state index contributed by atoms with van der Waals surface area (Å²) in [6, 6.07) is 0. The summed E-state index contributed by atoms with van der Waals surface area (Å²) in [4.78, 5) is 4.06. The van der Waals surface area contributed by atoms with Gasteiger partial charge < -0.3 is 0 Å². The second-order valence-electron chi connectivity index (χ2n) is 4.05. The smallest absolute Gasteiger partial charge is 0.0283 e. The lowest BCUT2D eigenvalue weighted by Gasteiger charge is -2.18. The maximum Gasteiger partial charge on any atom is 0.0283 e. The molecule has 0 radical (unpaired) electrons. The van der Waals surface area contributed by atoms with Gasteiger partial charge in [0.25, 0.3) is 0 Å². The molecule has 1 heteroatoms. The Labute approximate surface area is 86.9 Å². The van der Waals surface area contributed by atoms with Crippen molar-refractivity contribution in [1.82, 2.24) is 0 Å². The Morgan fingerprint density at radius 1 is 1.36 bits per heavy atom. The Kier molecular flexibility index (Phi) is 3.45. The van der Waals surface area contributed by atoms with E-state index in [1.807, 2.05) is 13.3 Å². The Morgan fingerprint density at radius 2 is 2.00 bits per heavy atom. The van der Waals surface area contributed by atoms with Crippen LogP contribution in [-0.2, 0) is 0 Å². The van der Waals surface area contributed by atoms with Crippen LogP contribution in [0.4, 0.5) is 0 Å². The second kappa shape index (κ2) is 4.41. The first kappa shape index (κ1) is 11.0. The molecule has 0 N–H and O–H groups in total. The van der Waals surface area contributed by atoms with E-state index in [2.05, 4.69) is 50.1 Å². The van der Waals surface area contributed by atoms with Gasteiger partial charge in [0.05, 0.1) is 0 Å². The van der Waals surface area contributed by atoms with E-state index in [-0.39, 0.29) is 5.41 Å². The molecular formula is C13H19N. The van der Waals surface area contributed by atoms with Gasteiger partial charge in [-0.3, -0.25) is 4.99 Å². The van der Waals surface area contributed by atoms with Crippen LogP contribution in [0, 0.1) is 5.41 Å². The quantitative estimate of drug-likeness (QED) is 0.589. The van der Waals surface area contributed by atoms with E-state index < -0.39 is 0 Å². The fourth-order valence-corrected chi connectivity index (χ4v) is 1.40. The number of rotatable bonds is 2. The van der Waals surface area contributed by atoms with Gasteiger partial charge in [-0.25, -0.2) is 0 Å². The molecule has 0 spiro atoms. The van der Waals surface area contributed by atoms with Gasteiger partial charge in [0.2, 0.25) is 0 Å². The summed E-state index contributed by atoms with van der Waals surface area (Å²) < 4.78 is 0. The normalized spacial score (nSPS) is 27.4. The van der Waals surface area contributed by atoms with Crippen LogP contribution in [0.25, 0.3) is 0 Å². The summed E-state index contributed by atoms with van der Waals surface area (Å²) in [6.45, 7) is 6.58. The van der Waals surface area contributed by atoms with Crippen molar-refractivity contribution >= 4 is 6.21 Å². The van der Waals surface area contributed by atoms with E-state index in [0.29, 0.717) is 0 Å². The van der Waals surface area contributed by atoms with E-state index in [1.165, 1.54) is 11.1 Å². The van der Waals surface area contributed by atoms with Crippen molar-refractivity contribution in [3.63, 3.8) is 0 Å². The molecule has 0 fully saturated rings. The zero-order chi connectivity index (χ0) is 10.6. The molecule has 0 amide bonds. The molecule has 1 nitrogen and oxygen atoms in total. The lowest BCUT2D eigenvalue weighted by molar-refractivity contribution is 0.531. The molecule has 0 aromatic carbocycles. The highest BCUT2D eigenvalue weighted by molar-refractivity contribution is 5.84. The number of allylic oxidation sites excluding steroid dienone is 6. The van der Waals surface area contributed by atoms with Crippen molar-refractivity contribution in [1.29, 1.82) is 0 Å². The summed E-state index contributed by atoms with van der Waals surface area (Å²) in [5.41, 5.74) is 2.69. The van der Waals surface area contributed by atoms with Gasteiger partial charge in [-0.05, 0) is 24.5 Å². The monoisotopic (exact) mass is 189 g/mol. The number of hydrogen-bond donors (Lipinski definition) is 0. The molecule has 0 heterocycles. The minimum Gasteiger partial charge on any atom is -0.296 e. The third-order valence-corrected chi connectivity index (χ3v) is 2.84. The predicted octanol–water partition coefficient (Wildman–Crippen LogP) is 3.55. The fraction of sp³-hybridized carbons (Fsp3) is 0.462.